The zero-order valence-electron chi connectivity index (χ0n) is 25.8. The lowest BCUT2D eigenvalue weighted by Gasteiger charge is -2.62. The number of hydrogen-bond acceptors (Lipinski definition) is 5. The molecule has 5 aliphatic rings. The van der Waals surface area contributed by atoms with Crippen molar-refractivity contribution in [3.8, 4) is 0 Å². The fourth-order valence-electron chi connectivity index (χ4n) is 11.8. The summed E-state index contributed by atoms with van der Waals surface area (Å²) in [5.74, 6) is 1.73. The third-order valence-corrected chi connectivity index (χ3v) is 13.6. The summed E-state index contributed by atoms with van der Waals surface area (Å²) in [6.45, 7) is 20.8. The molecule has 0 aromatic carbocycles. The van der Waals surface area contributed by atoms with Gasteiger partial charge in [0.1, 0.15) is 18.0 Å². The average Bonchev–Trinajstić information content (AvgIpc) is 3.43. The first-order chi connectivity index (χ1) is 18.1. The molecule has 0 aromatic heterocycles. The van der Waals surface area contributed by atoms with Gasteiger partial charge in [0.25, 0.3) is 0 Å². The molecule has 5 saturated carbocycles. The van der Waals surface area contributed by atoms with Gasteiger partial charge in [-0.1, -0.05) is 41.2 Å². The number of esters is 2. The van der Waals surface area contributed by atoms with E-state index < -0.39 is 0 Å². The largest absolute Gasteiger partial charge is 0.462 e. The van der Waals surface area contributed by atoms with Crippen LogP contribution in [-0.4, -0.2) is 29.9 Å². The van der Waals surface area contributed by atoms with E-state index in [1.807, 2.05) is 6.92 Å². The van der Waals surface area contributed by atoms with Crippen molar-refractivity contribution >= 4 is 17.7 Å². The summed E-state index contributed by atoms with van der Waals surface area (Å²) in [4.78, 5) is 37.1. The van der Waals surface area contributed by atoms with Crippen LogP contribution in [0.15, 0.2) is 12.2 Å². The molecule has 0 amide bonds. The summed E-state index contributed by atoms with van der Waals surface area (Å²) in [5, 5.41) is 0. The van der Waals surface area contributed by atoms with Gasteiger partial charge < -0.3 is 9.47 Å². The molecule has 0 saturated heterocycles. The van der Waals surface area contributed by atoms with Crippen molar-refractivity contribution in [1.29, 1.82) is 0 Å². The van der Waals surface area contributed by atoms with Gasteiger partial charge in [-0.05, 0) is 110 Å². The van der Waals surface area contributed by atoms with Crippen LogP contribution in [0.4, 0.5) is 0 Å². The van der Waals surface area contributed by atoms with E-state index in [2.05, 4.69) is 41.2 Å². The minimum atomic E-state index is -0.272. The molecule has 0 heterocycles. The number of Topliss-reactive ketones (excluding diaryl/α,β-unsaturated/α-hetero) is 1. The Balaban J connectivity index is 1.44. The molecule has 218 valence electrons. The minimum absolute atomic E-state index is 0.0687. The van der Waals surface area contributed by atoms with Gasteiger partial charge in [0.05, 0.1) is 0 Å². The fraction of sp³-hybridized carbons (Fsp3) is 0.853. The Hall–Kier alpha value is -1.65. The molecule has 0 radical (unpaired) electrons. The summed E-state index contributed by atoms with van der Waals surface area (Å²) >= 11 is 0. The number of rotatable bonds is 7. The van der Waals surface area contributed by atoms with Crippen LogP contribution in [0.2, 0.25) is 0 Å². The van der Waals surface area contributed by atoms with Crippen molar-refractivity contribution < 1.29 is 23.9 Å². The van der Waals surface area contributed by atoms with Gasteiger partial charge in [-0.25, -0.2) is 0 Å². The molecule has 0 aromatic rings. The van der Waals surface area contributed by atoms with Crippen LogP contribution in [0.3, 0.4) is 0 Å². The predicted molar refractivity (Wildman–Crippen MR) is 152 cm³/mol. The number of carbonyl (C=O) groups is 3. The fourth-order valence-corrected chi connectivity index (χ4v) is 11.8. The molecule has 5 heteroatoms. The number of ether oxygens (including phenoxy) is 2. The van der Waals surface area contributed by atoms with Crippen LogP contribution in [0.25, 0.3) is 0 Å². The van der Waals surface area contributed by atoms with Crippen LogP contribution in [0, 0.1) is 50.7 Å². The van der Waals surface area contributed by atoms with E-state index >= 15 is 0 Å². The molecule has 5 rings (SSSR count). The molecular weight excluding hydrogens is 488 g/mol. The van der Waals surface area contributed by atoms with Crippen molar-refractivity contribution in [1.82, 2.24) is 0 Å². The normalized spacial score (nSPS) is 45.1. The standard InChI is InChI=1S/C34H52O5/c1-20(2)24(38-22(4)35)11-10-21(3)29-25(39-23(5)36)18-32(9)27-13-12-26-30(6,7)28(37)14-15-33(26)19-34(27,33)17-16-31(29,32)8/h21,24-27,29H,1,10-19H2,2-9H3/t21-,24+,25+,26+,27+,29+,31-,32+,33-,34+/m1/s1. The SMILES string of the molecule is C=C(C)[C@H](CC[C@@H](C)[C@H]1[C@@H](OC(C)=O)C[C@@]2(C)[C@@H]3CC[C@H]4C(C)(C)C(=O)CC[C@@]45C[C@@]35CC[C@]12C)OC(C)=O. The first-order valence-corrected chi connectivity index (χ1v) is 15.6. The molecule has 39 heavy (non-hydrogen) atoms. The Labute approximate surface area is 236 Å². The average molecular weight is 541 g/mol. The molecule has 0 bridgehead atoms. The Morgan fingerprint density at radius 2 is 1.56 bits per heavy atom. The lowest BCUT2D eigenvalue weighted by Crippen LogP contribution is -2.57. The lowest BCUT2D eigenvalue weighted by atomic mass is 9.42. The molecule has 10 atom stereocenters. The summed E-state index contributed by atoms with van der Waals surface area (Å²) in [6.07, 6.45) is 10.1. The van der Waals surface area contributed by atoms with Crippen LogP contribution < -0.4 is 0 Å². The molecule has 2 spiro atoms. The van der Waals surface area contributed by atoms with E-state index in [1.54, 1.807) is 6.92 Å². The van der Waals surface area contributed by atoms with Gasteiger partial charge in [-0.2, -0.15) is 0 Å². The van der Waals surface area contributed by atoms with Gasteiger partial charge in [-0.15, -0.1) is 0 Å². The van der Waals surface area contributed by atoms with Gasteiger partial charge >= 0.3 is 11.9 Å². The first-order valence-electron chi connectivity index (χ1n) is 15.6. The monoisotopic (exact) mass is 540 g/mol. The summed E-state index contributed by atoms with van der Waals surface area (Å²) in [6, 6.07) is 0. The van der Waals surface area contributed by atoms with E-state index in [9.17, 15) is 14.4 Å². The summed E-state index contributed by atoms with van der Waals surface area (Å²) in [7, 11) is 0. The van der Waals surface area contributed by atoms with Gasteiger partial charge in [-0.3, -0.25) is 14.4 Å². The highest BCUT2D eigenvalue weighted by atomic mass is 16.5. The topological polar surface area (TPSA) is 69.7 Å². The second-order valence-corrected chi connectivity index (χ2v) is 15.5. The maximum atomic E-state index is 13.0. The Morgan fingerprint density at radius 1 is 0.923 bits per heavy atom. The second kappa shape index (κ2) is 9.18. The summed E-state index contributed by atoms with van der Waals surface area (Å²) in [5.41, 5.74) is 1.51. The second-order valence-electron chi connectivity index (χ2n) is 15.5. The van der Waals surface area contributed by atoms with Crippen molar-refractivity contribution in [2.24, 2.45) is 50.7 Å². The molecule has 0 unspecified atom stereocenters. The maximum Gasteiger partial charge on any atom is 0.303 e. The lowest BCUT2D eigenvalue weighted by molar-refractivity contribution is -0.158. The minimum Gasteiger partial charge on any atom is -0.462 e. The predicted octanol–water partition coefficient (Wildman–Crippen LogP) is 7.46. The molecule has 5 aliphatic carbocycles. The van der Waals surface area contributed by atoms with E-state index in [-0.39, 0.29) is 46.3 Å². The number of ketones is 1. The Bertz CT molecular complexity index is 1080. The van der Waals surface area contributed by atoms with Gasteiger partial charge in [0, 0.05) is 31.6 Å². The Morgan fingerprint density at radius 3 is 2.18 bits per heavy atom. The zero-order valence-corrected chi connectivity index (χ0v) is 25.8. The molecule has 5 fully saturated rings. The maximum absolute atomic E-state index is 13.0. The highest BCUT2D eigenvalue weighted by molar-refractivity contribution is 5.86. The van der Waals surface area contributed by atoms with Gasteiger partial charge in [0.2, 0.25) is 0 Å². The van der Waals surface area contributed by atoms with E-state index in [0.717, 1.165) is 50.5 Å². The van der Waals surface area contributed by atoms with Crippen LogP contribution >= 0.6 is 0 Å². The highest BCUT2D eigenvalue weighted by Crippen LogP contribution is 2.88. The Kier molecular flexibility index (Phi) is 6.79. The quantitative estimate of drug-likeness (QED) is 0.248. The van der Waals surface area contributed by atoms with Crippen molar-refractivity contribution in [2.75, 3.05) is 0 Å². The summed E-state index contributed by atoms with van der Waals surface area (Å²) < 4.78 is 11.8. The van der Waals surface area contributed by atoms with Crippen molar-refractivity contribution in [2.45, 2.75) is 132 Å². The van der Waals surface area contributed by atoms with E-state index in [1.165, 1.54) is 26.2 Å². The number of fused-ring (bicyclic) bond motifs is 2. The van der Waals surface area contributed by atoms with Crippen LogP contribution in [0.5, 0.6) is 0 Å². The molecular formula is C34H52O5. The smallest absolute Gasteiger partial charge is 0.303 e. The molecule has 0 aliphatic heterocycles. The van der Waals surface area contributed by atoms with Crippen molar-refractivity contribution in [3.63, 3.8) is 0 Å². The molecule has 0 N–H and O–H groups in total. The first kappa shape index (κ1) is 28.9. The van der Waals surface area contributed by atoms with E-state index in [0.29, 0.717) is 34.4 Å². The van der Waals surface area contributed by atoms with Crippen LogP contribution in [0.1, 0.15) is 120 Å². The third-order valence-electron chi connectivity index (χ3n) is 13.6. The third kappa shape index (κ3) is 3.94. The van der Waals surface area contributed by atoms with Gasteiger partial charge in [0.15, 0.2) is 0 Å². The number of carbonyl (C=O) groups excluding carboxylic acids is 3. The van der Waals surface area contributed by atoms with E-state index in [4.69, 9.17) is 9.47 Å². The number of hydrogen-bond donors (Lipinski definition) is 0. The van der Waals surface area contributed by atoms with Crippen LogP contribution in [-0.2, 0) is 23.9 Å². The zero-order chi connectivity index (χ0) is 28.8. The molecule has 5 nitrogen and oxygen atoms in total. The highest BCUT2D eigenvalue weighted by Gasteiger charge is 2.83. The van der Waals surface area contributed by atoms with Crippen molar-refractivity contribution in [3.05, 3.63) is 12.2 Å².